The van der Waals surface area contributed by atoms with Crippen molar-refractivity contribution in [2.24, 2.45) is 17.6 Å². The van der Waals surface area contributed by atoms with Crippen LogP contribution >= 0.6 is 0 Å². The summed E-state index contributed by atoms with van der Waals surface area (Å²) in [6.07, 6.45) is 1.52. The zero-order chi connectivity index (χ0) is 19.3. The number of nitrogens with zero attached hydrogens (tertiary/aromatic N) is 3. The molecule has 8 nitrogen and oxygen atoms in total. The van der Waals surface area contributed by atoms with Crippen LogP contribution in [0.2, 0.25) is 0 Å². The van der Waals surface area contributed by atoms with Crippen LogP contribution in [0, 0.1) is 33.3 Å². The number of ether oxygens (including phenoxy) is 1. The van der Waals surface area contributed by atoms with E-state index >= 15 is 0 Å². The molecule has 0 aromatic heterocycles. The van der Waals surface area contributed by atoms with Crippen LogP contribution in [0.15, 0.2) is 24.3 Å². The first-order valence-corrected chi connectivity index (χ1v) is 8.68. The van der Waals surface area contributed by atoms with E-state index in [1.165, 1.54) is 12.1 Å². The van der Waals surface area contributed by atoms with Gasteiger partial charge in [0.15, 0.2) is 0 Å². The lowest BCUT2D eigenvalue weighted by Crippen LogP contribution is -2.50. The van der Waals surface area contributed by atoms with Crippen LogP contribution in [-0.4, -0.2) is 41.0 Å². The number of hydrogen-bond donors (Lipinski definition) is 1. The zero-order valence-electron chi connectivity index (χ0n) is 15.0. The fraction of sp³-hybridized carbons (Fsp3) is 0.556. The predicted octanol–water partition coefficient (Wildman–Crippen LogP) is 2.09. The molecular formula is C18H24N4O4. The Morgan fingerprint density at radius 3 is 2.69 bits per heavy atom. The maximum Gasteiger partial charge on any atom is 0.269 e. The van der Waals surface area contributed by atoms with E-state index in [1.54, 1.807) is 17.0 Å². The van der Waals surface area contributed by atoms with Gasteiger partial charge in [0.05, 0.1) is 23.6 Å². The Labute approximate surface area is 152 Å². The fourth-order valence-corrected chi connectivity index (χ4v) is 2.98. The number of hydrogen-bond acceptors (Lipinski definition) is 6. The van der Waals surface area contributed by atoms with E-state index in [9.17, 15) is 14.9 Å². The van der Waals surface area contributed by atoms with Gasteiger partial charge in [-0.25, -0.2) is 0 Å². The maximum atomic E-state index is 12.6. The first kappa shape index (κ1) is 19.7. The van der Waals surface area contributed by atoms with Crippen molar-refractivity contribution >= 4 is 11.6 Å². The molecule has 1 aromatic carbocycles. The molecule has 0 aliphatic carbocycles. The molecule has 1 aliphatic heterocycles. The minimum Gasteiger partial charge on any atom is -0.493 e. The number of nitro benzene ring substituents is 1. The second-order valence-electron chi connectivity index (χ2n) is 6.74. The molecule has 1 heterocycles. The van der Waals surface area contributed by atoms with Crippen LogP contribution in [0.5, 0.6) is 5.75 Å². The summed E-state index contributed by atoms with van der Waals surface area (Å²) in [5.74, 6) is 0.190. The van der Waals surface area contributed by atoms with E-state index < -0.39 is 11.0 Å². The summed E-state index contributed by atoms with van der Waals surface area (Å²) < 4.78 is 5.67. The highest BCUT2D eigenvalue weighted by molar-refractivity contribution is 5.82. The molecule has 140 valence electrons. The Morgan fingerprint density at radius 1 is 1.46 bits per heavy atom. The zero-order valence-corrected chi connectivity index (χ0v) is 15.0. The molecule has 0 radical (unpaired) electrons. The highest BCUT2D eigenvalue weighted by Gasteiger charge is 2.35. The molecule has 8 heteroatoms. The molecule has 0 unspecified atom stereocenters. The summed E-state index contributed by atoms with van der Waals surface area (Å²) in [4.78, 5) is 24.3. The van der Waals surface area contributed by atoms with E-state index in [0.717, 1.165) is 6.42 Å². The summed E-state index contributed by atoms with van der Waals surface area (Å²) >= 11 is 0. The Balaban J connectivity index is 1.89. The molecule has 4 atom stereocenters. The first-order valence-electron chi connectivity index (χ1n) is 8.68. The molecule has 2 N–H and O–H groups in total. The smallest absolute Gasteiger partial charge is 0.269 e. The second-order valence-corrected chi connectivity index (χ2v) is 6.74. The largest absolute Gasteiger partial charge is 0.493 e. The number of non-ortho nitro benzene ring substituents is 1. The average Bonchev–Trinajstić information content (AvgIpc) is 3.13. The van der Waals surface area contributed by atoms with E-state index in [-0.39, 0.29) is 29.5 Å². The van der Waals surface area contributed by atoms with Crippen molar-refractivity contribution in [3.8, 4) is 11.8 Å². The third-order valence-electron chi connectivity index (χ3n) is 4.99. The molecule has 1 fully saturated rings. The quantitative estimate of drug-likeness (QED) is 0.587. The lowest BCUT2D eigenvalue weighted by molar-refractivity contribution is -0.384. The van der Waals surface area contributed by atoms with E-state index in [1.807, 2.05) is 13.8 Å². The van der Waals surface area contributed by atoms with Crippen LogP contribution in [-0.2, 0) is 4.79 Å². The summed E-state index contributed by atoms with van der Waals surface area (Å²) in [5.41, 5.74) is 6.15. The number of carbonyl (C=O) groups is 1. The van der Waals surface area contributed by atoms with E-state index in [0.29, 0.717) is 25.3 Å². The van der Waals surface area contributed by atoms with Crippen molar-refractivity contribution in [1.29, 1.82) is 5.26 Å². The van der Waals surface area contributed by atoms with Gasteiger partial charge in [0, 0.05) is 18.7 Å². The standard InChI is InChI=1S/C18H24N4O4/c1-12(11-26-16-7-5-14(6-8-16)22(24)25)13(2)17(20)18(23)21-9-3-4-15(21)10-19/h5-8,12-13,15,17H,3-4,9,11,20H2,1-2H3/t12-,13+,15+,17+/m1/s1. The highest BCUT2D eigenvalue weighted by atomic mass is 16.6. The average molecular weight is 360 g/mol. The molecular weight excluding hydrogens is 336 g/mol. The van der Waals surface area contributed by atoms with Crippen LogP contribution < -0.4 is 10.5 Å². The summed E-state index contributed by atoms with van der Waals surface area (Å²) in [5, 5.41) is 19.8. The number of carbonyl (C=O) groups excluding carboxylic acids is 1. The number of nitriles is 1. The van der Waals surface area contributed by atoms with Crippen molar-refractivity contribution < 1.29 is 14.5 Å². The number of benzene rings is 1. The maximum absolute atomic E-state index is 12.6. The van der Waals surface area contributed by atoms with Gasteiger partial charge in [0.2, 0.25) is 5.91 Å². The fourth-order valence-electron chi connectivity index (χ4n) is 2.98. The lowest BCUT2D eigenvalue weighted by Gasteiger charge is -2.29. The summed E-state index contributed by atoms with van der Waals surface area (Å²) in [6.45, 7) is 4.74. The summed E-state index contributed by atoms with van der Waals surface area (Å²) in [6, 6.07) is 6.93. The van der Waals surface area contributed by atoms with Gasteiger partial charge in [-0.05, 0) is 36.8 Å². The molecule has 26 heavy (non-hydrogen) atoms. The van der Waals surface area contributed by atoms with Crippen molar-refractivity contribution in [1.82, 2.24) is 4.90 Å². The van der Waals surface area contributed by atoms with E-state index in [2.05, 4.69) is 6.07 Å². The Hall–Kier alpha value is -2.66. The number of rotatable bonds is 7. The second kappa shape index (κ2) is 8.63. The minimum absolute atomic E-state index is 0.00375. The minimum atomic E-state index is -0.695. The molecule has 1 amide bonds. The SMILES string of the molecule is C[C@@H]([C@H](C)COc1ccc([N+](=O)[O-])cc1)[C@H](N)C(=O)N1CCC[C@H]1C#N. The molecule has 1 aliphatic rings. The first-order chi connectivity index (χ1) is 12.3. The highest BCUT2D eigenvalue weighted by Crippen LogP contribution is 2.23. The predicted molar refractivity (Wildman–Crippen MR) is 95.2 cm³/mol. The topological polar surface area (TPSA) is 122 Å². The van der Waals surface area contributed by atoms with Gasteiger partial charge in [-0.1, -0.05) is 13.8 Å². The monoisotopic (exact) mass is 360 g/mol. The molecule has 2 rings (SSSR count). The third-order valence-corrected chi connectivity index (χ3v) is 4.99. The number of nitro groups is 1. The van der Waals surface area contributed by atoms with Gasteiger partial charge in [-0.15, -0.1) is 0 Å². The molecule has 1 aromatic rings. The number of amides is 1. The van der Waals surface area contributed by atoms with Gasteiger partial charge in [0.1, 0.15) is 11.8 Å². The third kappa shape index (κ3) is 4.49. The number of likely N-dealkylation sites (tertiary alicyclic amines) is 1. The van der Waals surface area contributed by atoms with Gasteiger partial charge in [-0.3, -0.25) is 14.9 Å². The van der Waals surface area contributed by atoms with Gasteiger partial charge in [-0.2, -0.15) is 5.26 Å². The molecule has 0 saturated carbocycles. The molecule has 0 bridgehead atoms. The Bertz CT molecular complexity index is 685. The lowest BCUT2D eigenvalue weighted by atomic mass is 9.89. The summed E-state index contributed by atoms with van der Waals surface area (Å²) in [7, 11) is 0. The van der Waals surface area contributed by atoms with Crippen molar-refractivity contribution in [3.05, 3.63) is 34.4 Å². The van der Waals surface area contributed by atoms with Gasteiger partial charge >= 0.3 is 0 Å². The normalized spacial score (nSPS) is 20.1. The van der Waals surface area contributed by atoms with Crippen LogP contribution in [0.25, 0.3) is 0 Å². The van der Waals surface area contributed by atoms with Crippen molar-refractivity contribution in [2.75, 3.05) is 13.2 Å². The number of nitrogens with two attached hydrogens (primary N) is 1. The van der Waals surface area contributed by atoms with E-state index in [4.69, 9.17) is 15.7 Å². The van der Waals surface area contributed by atoms with Gasteiger partial charge < -0.3 is 15.4 Å². The van der Waals surface area contributed by atoms with Crippen LogP contribution in [0.4, 0.5) is 5.69 Å². The van der Waals surface area contributed by atoms with Crippen LogP contribution in [0.3, 0.4) is 0 Å². The van der Waals surface area contributed by atoms with Crippen molar-refractivity contribution in [2.45, 2.75) is 38.8 Å². The Morgan fingerprint density at radius 2 is 2.12 bits per heavy atom. The van der Waals surface area contributed by atoms with Gasteiger partial charge in [0.25, 0.3) is 5.69 Å². The van der Waals surface area contributed by atoms with Crippen molar-refractivity contribution in [3.63, 3.8) is 0 Å². The molecule has 0 spiro atoms. The Kier molecular flexibility index (Phi) is 6.52. The molecule has 1 saturated heterocycles. The van der Waals surface area contributed by atoms with Crippen LogP contribution in [0.1, 0.15) is 26.7 Å².